The summed E-state index contributed by atoms with van der Waals surface area (Å²) in [4.78, 5) is 0. The van der Waals surface area contributed by atoms with Gasteiger partial charge in [-0.2, -0.15) is 0 Å². The molecule has 0 aliphatic heterocycles. The largest absolute Gasteiger partial charge is 0.0840 e. The summed E-state index contributed by atoms with van der Waals surface area (Å²) in [7, 11) is 0. The fourth-order valence-electron chi connectivity index (χ4n) is 4.36. The Labute approximate surface area is 144 Å². The Morgan fingerprint density at radius 2 is 1.87 bits per heavy atom. The monoisotopic (exact) mass is 322 g/mol. The minimum Gasteiger partial charge on any atom is -0.0840 e. The molecule has 0 N–H and O–H groups in total. The zero-order valence-corrected chi connectivity index (χ0v) is 14.7. The zero-order chi connectivity index (χ0) is 16.0. The Hall–Kier alpha value is -1.53. The second-order valence-electron chi connectivity index (χ2n) is 6.99. The Balaban J connectivity index is 1.93. The van der Waals surface area contributed by atoms with E-state index in [2.05, 4.69) is 50.3 Å². The van der Waals surface area contributed by atoms with E-state index >= 15 is 0 Å². The highest BCUT2D eigenvalue weighted by atomic mass is 35.5. The molecule has 0 radical (unpaired) electrons. The average Bonchev–Trinajstić information content (AvgIpc) is 2.60. The van der Waals surface area contributed by atoms with Crippen LogP contribution in [0.25, 0.3) is 17.2 Å². The van der Waals surface area contributed by atoms with Gasteiger partial charge in [0, 0.05) is 5.02 Å². The third kappa shape index (κ3) is 2.35. The lowest BCUT2D eigenvalue weighted by molar-refractivity contribution is 0.443. The maximum absolute atomic E-state index is 6.44. The van der Waals surface area contributed by atoms with Crippen LogP contribution < -0.4 is 0 Å². The molecule has 0 spiro atoms. The van der Waals surface area contributed by atoms with E-state index in [9.17, 15) is 0 Å². The highest BCUT2D eigenvalue weighted by molar-refractivity contribution is 6.31. The van der Waals surface area contributed by atoms with Crippen molar-refractivity contribution in [1.29, 1.82) is 0 Å². The minimum atomic E-state index is 0.663. The smallest absolute Gasteiger partial charge is 0.0444 e. The van der Waals surface area contributed by atoms with Crippen molar-refractivity contribution in [1.82, 2.24) is 0 Å². The summed E-state index contributed by atoms with van der Waals surface area (Å²) in [5, 5.41) is 0.921. The summed E-state index contributed by atoms with van der Waals surface area (Å²) in [6, 6.07) is 11.0. The van der Waals surface area contributed by atoms with E-state index in [0.29, 0.717) is 5.92 Å². The molecule has 2 aliphatic rings. The number of rotatable bonds is 2. The van der Waals surface area contributed by atoms with E-state index in [1.54, 1.807) is 11.1 Å². The molecule has 0 amide bonds. The lowest BCUT2D eigenvalue weighted by Crippen LogP contribution is -2.17. The van der Waals surface area contributed by atoms with Gasteiger partial charge in [0.25, 0.3) is 0 Å². The van der Waals surface area contributed by atoms with E-state index in [0.717, 1.165) is 23.8 Å². The predicted octanol–water partition coefficient (Wildman–Crippen LogP) is 6.65. The molecule has 0 heterocycles. The van der Waals surface area contributed by atoms with Gasteiger partial charge in [0.15, 0.2) is 0 Å². The Bertz CT molecular complexity index is 785. The number of halogens is 1. The molecular weight excluding hydrogens is 300 g/mol. The van der Waals surface area contributed by atoms with Gasteiger partial charge < -0.3 is 0 Å². The first-order chi connectivity index (χ1) is 11.2. The Morgan fingerprint density at radius 3 is 2.70 bits per heavy atom. The van der Waals surface area contributed by atoms with Gasteiger partial charge in [-0.3, -0.25) is 0 Å². The van der Waals surface area contributed by atoms with Gasteiger partial charge in [-0.05, 0) is 70.5 Å². The summed E-state index contributed by atoms with van der Waals surface area (Å²) in [6.45, 7) is 4.72. The summed E-state index contributed by atoms with van der Waals surface area (Å²) in [6.07, 6.45) is 9.29. The normalized spacial score (nSPS) is 19.7. The summed E-state index contributed by atoms with van der Waals surface area (Å²) < 4.78 is 0. The minimum absolute atomic E-state index is 0.663. The first kappa shape index (κ1) is 15.0. The van der Waals surface area contributed by atoms with Gasteiger partial charge in [-0.15, -0.1) is 0 Å². The van der Waals surface area contributed by atoms with Crippen molar-refractivity contribution in [2.75, 3.05) is 0 Å². The fraction of sp³-hybridized carbons (Fsp3) is 0.364. The molecule has 0 saturated heterocycles. The molecule has 0 nitrogen and oxygen atoms in total. The number of allylic oxidation sites excluding steroid dienone is 1. The lowest BCUT2D eigenvalue weighted by atomic mass is 9.72. The van der Waals surface area contributed by atoms with Gasteiger partial charge in [-0.1, -0.05) is 68.3 Å². The van der Waals surface area contributed by atoms with Gasteiger partial charge in [0.05, 0.1) is 0 Å². The standard InChI is InChI=1S/C22H23Cl/c1-3-14(2)16-7-4-6-15-10-11-18-17-8-5-9-21(23)19(17)12-13-20(18)22(15)16/h4-6,8-11,14,16H,3,7,12-13H2,1-2H3. The van der Waals surface area contributed by atoms with Gasteiger partial charge >= 0.3 is 0 Å². The summed E-state index contributed by atoms with van der Waals surface area (Å²) in [5.74, 6) is 1.39. The maximum Gasteiger partial charge on any atom is 0.0444 e. The van der Waals surface area contributed by atoms with Crippen LogP contribution in [0.2, 0.25) is 5.02 Å². The van der Waals surface area contributed by atoms with Crippen LogP contribution in [0.15, 0.2) is 36.4 Å². The highest BCUT2D eigenvalue weighted by Crippen LogP contribution is 2.45. The first-order valence-electron chi connectivity index (χ1n) is 8.80. The number of fused-ring (bicyclic) bond motifs is 5. The fourth-order valence-corrected chi connectivity index (χ4v) is 4.63. The number of hydrogen-bond acceptors (Lipinski definition) is 0. The molecule has 2 atom stereocenters. The van der Waals surface area contributed by atoms with Crippen molar-refractivity contribution in [2.24, 2.45) is 5.92 Å². The van der Waals surface area contributed by atoms with Crippen molar-refractivity contribution < 1.29 is 0 Å². The third-order valence-corrected chi connectivity index (χ3v) is 6.17. The molecule has 2 aromatic rings. The molecule has 4 rings (SSSR count). The molecule has 2 aromatic carbocycles. The molecule has 23 heavy (non-hydrogen) atoms. The molecule has 1 heteroatoms. The molecule has 2 unspecified atom stereocenters. The average molecular weight is 323 g/mol. The van der Waals surface area contributed by atoms with Crippen molar-refractivity contribution in [2.45, 2.75) is 45.4 Å². The molecule has 0 fully saturated rings. The molecule has 118 valence electrons. The van der Waals surface area contributed by atoms with Crippen LogP contribution in [-0.4, -0.2) is 0 Å². The van der Waals surface area contributed by atoms with E-state index in [1.165, 1.54) is 35.1 Å². The predicted molar refractivity (Wildman–Crippen MR) is 100 cm³/mol. The van der Waals surface area contributed by atoms with E-state index < -0.39 is 0 Å². The molecule has 2 aliphatic carbocycles. The highest BCUT2D eigenvalue weighted by Gasteiger charge is 2.28. The van der Waals surface area contributed by atoms with Crippen LogP contribution in [-0.2, 0) is 12.8 Å². The van der Waals surface area contributed by atoms with Crippen LogP contribution in [0.3, 0.4) is 0 Å². The van der Waals surface area contributed by atoms with Crippen LogP contribution in [0, 0.1) is 5.92 Å². The molecule has 0 aromatic heterocycles. The van der Waals surface area contributed by atoms with Crippen molar-refractivity contribution in [3.05, 3.63) is 63.7 Å². The van der Waals surface area contributed by atoms with Gasteiger partial charge in [-0.25, -0.2) is 0 Å². The zero-order valence-electron chi connectivity index (χ0n) is 13.9. The third-order valence-electron chi connectivity index (χ3n) is 5.81. The van der Waals surface area contributed by atoms with Crippen LogP contribution in [0.1, 0.15) is 54.9 Å². The SMILES string of the molecule is CCC(C)C1CC=Cc2ccc3c(c21)CCc1c(Cl)cccc1-3. The van der Waals surface area contributed by atoms with E-state index in [-0.39, 0.29) is 0 Å². The van der Waals surface area contributed by atoms with Gasteiger partial charge in [0.1, 0.15) is 0 Å². The molecule has 0 bridgehead atoms. The molecule has 0 saturated carbocycles. The summed E-state index contributed by atoms with van der Waals surface area (Å²) in [5.41, 5.74) is 8.71. The van der Waals surface area contributed by atoms with Crippen LogP contribution >= 0.6 is 11.6 Å². The van der Waals surface area contributed by atoms with Crippen molar-refractivity contribution in [3.63, 3.8) is 0 Å². The number of hydrogen-bond donors (Lipinski definition) is 0. The Kier molecular flexibility index (Phi) is 3.81. The first-order valence-corrected chi connectivity index (χ1v) is 9.18. The van der Waals surface area contributed by atoms with Crippen LogP contribution in [0.5, 0.6) is 0 Å². The van der Waals surface area contributed by atoms with E-state index in [4.69, 9.17) is 11.6 Å². The lowest BCUT2D eigenvalue weighted by Gasteiger charge is -2.33. The van der Waals surface area contributed by atoms with E-state index in [1.807, 2.05) is 6.07 Å². The Morgan fingerprint density at radius 1 is 1.09 bits per heavy atom. The van der Waals surface area contributed by atoms with Crippen LogP contribution in [0.4, 0.5) is 0 Å². The topological polar surface area (TPSA) is 0 Å². The molecular formula is C22H23Cl. The quantitative estimate of drug-likeness (QED) is 0.580. The second-order valence-corrected chi connectivity index (χ2v) is 7.40. The van der Waals surface area contributed by atoms with Crippen molar-refractivity contribution in [3.8, 4) is 11.1 Å². The maximum atomic E-state index is 6.44. The second kappa shape index (κ2) is 5.83. The summed E-state index contributed by atoms with van der Waals surface area (Å²) >= 11 is 6.44. The van der Waals surface area contributed by atoms with Crippen molar-refractivity contribution >= 4 is 17.7 Å². The number of benzene rings is 2. The van der Waals surface area contributed by atoms with Gasteiger partial charge in [0.2, 0.25) is 0 Å².